The van der Waals surface area contributed by atoms with Crippen LogP contribution >= 0.6 is 0 Å². The lowest BCUT2D eigenvalue weighted by atomic mass is 9.73. The van der Waals surface area contributed by atoms with Crippen LogP contribution in [0.5, 0.6) is 0 Å². The fraction of sp³-hybridized carbons (Fsp3) is 0.658. The first-order chi connectivity index (χ1) is 21.2. The van der Waals surface area contributed by atoms with Gasteiger partial charge in [-0.3, -0.25) is 4.90 Å². The second-order valence-corrected chi connectivity index (χ2v) is 14.1. The van der Waals surface area contributed by atoms with E-state index in [0.717, 1.165) is 63.7 Å². The van der Waals surface area contributed by atoms with E-state index in [2.05, 4.69) is 62.9 Å². The van der Waals surface area contributed by atoms with Gasteiger partial charge in [0.25, 0.3) is 0 Å². The Kier molecular flexibility index (Phi) is 10.9. The average Bonchev–Trinajstić information content (AvgIpc) is 3.39. The molecule has 6 heteroatoms. The number of piperidine rings is 1. The van der Waals surface area contributed by atoms with Gasteiger partial charge in [0.2, 0.25) is 5.76 Å². The zero-order valence-electron chi connectivity index (χ0n) is 27.9. The fourth-order valence-electron chi connectivity index (χ4n) is 8.17. The lowest BCUT2D eigenvalue weighted by Gasteiger charge is -2.49. The number of hydrogen-bond donors (Lipinski definition) is 1. The highest BCUT2D eigenvalue weighted by molar-refractivity contribution is 5.93. The maximum atomic E-state index is 12.5. The highest BCUT2D eigenvalue weighted by Gasteiger charge is 2.51. The Morgan fingerprint density at radius 2 is 1.89 bits per heavy atom. The monoisotopic (exact) mass is 605 g/mol. The van der Waals surface area contributed by atoms with E-state index < -0.39 is 0 Å². The van der Waals surface area contributed by atoms with Gasteiger partial charge < -0.3 is 19.3 Å². The summed E-state index contributed by atoms with van der Waals surface area (Å²) in [6, 6.07) is 9.58. The molecule has 0 aliphatic carbocycles. The second-order valence-electron chi connectivity index (χ2n) is 14.1. The average molecular weight is 606 g/mol. The summed E-state index contributed by atoms with van der Waals surface area (Å²) in [5, 5.41) is 11.7. The Morgan fingerprint density at radius 1 is 1.09 bits per heavy atom. The first kappa shape index (κ1) is 32.8. The van der Waals surface area contributed by atoms with Crippen molar-refractivity contribution in [2.24, 2.45) is 23.7 Å². The Balaban J connectivity index is 1.43. The predicted octanol–water partition coefficient (Wildman–Crippen LogP) is 7.86. The van der Waals surface area contributed by atoms with Gasteiger partial charge in [-0.05, 0) is 80.9 Å². The third kappa shape index (κ3) is 7.12. The number of cyclic esters (lactones) is 1. The molecule has 5 rings (SSSR count). The van der Waals surface area contributed by atoms with E-state index in [9.17, 15) is 9.90 Å². The summed E-state index contributed by atoms with van der Waals surface area (Å²) < 4.78 is 17.9. The molecule has 1 aromatic rings. The number of carbonyl (C=O) groups excluding carboxylic acids is 1. The number of unbranched alkanes of at least 4 members (excludes halogenated alkanes) is 2. The smallest absolute Gasteiger partial charge is 0.343 e. The summed E-state index contributed by atoms with van der Waals surface area (Å²) in [6.07, 6.45) is 13.8. The van der Waals surface area contributed by atoms with Crippen LogP contribution in [-0.2, 0) is 31.8 Å². The predicted molar refractivity (Wildman–Crippen MR) is 174 cm³/mol. The van der Waals surface area contributed by atoms with Crippen molar-refractivity contribution in [2.45, 2.75) is 123 Å². The van der Waals surface area contributed by atoms with Crippen LogP contribution in [-0.4, -0.2) is 47.8 Å². The van der Waals surface area contributed by atoms with E-state index in [1.165, 1.54) is 30.4 Å². The van der Waals surface area contributed by atoms with Crippen LogP contribution in [0, 0.1) is 23.7 Å². The SMILES string of the molecule is CCCCCc1cccc(C[C@@H]2C[C@H]3[C@@H]4C(=CCCN3[C@H]([C@@H](O)CCCC(C)C)C2)O/C(=C2\OC(=O)C(C)=C2OC)[C@H]4C)c1. The van der Waals surface area contributed by atoms with Crippen molar-refractivity contribution < 1.29 is 24.1 Å². The van der Waals surface area contributed by atoms with Gasteiger partial charge in [0, 0.05) is 30.5 Å². The van der Waals surface area contributed by atoms with Crippen molar-refractivity contribution in [3.8, 4) is 0 Å². The van der Waals surface area contributed by atoms with Gasteiger partial charge in [-0.25, -0.2) is 4.79 Å². The number of carbonyl (C=O) groups is 1. The first-order valence-electron chi connectivity index (χ1n) is 17.3. The second kappa shape index (κ2) is 14.7. The van der Waals surface area contributed by atoms with E-state index in [4.69, 9.17) is 14.2 Å². The molecule has 1 N–H and O–H groups in total. The first-order valence-corrected chi connectivity index (χ1v) is 17.3. The third-order valence-electron chi connectivity index (χ3n) is 10.4. The third-order valence-corrected chi connectivity index (χ3v) is 10.4. The molecular formula is C38H55NO5. The van der Waals surface area contributed by atoms with Gasteiger partial charge in [0.15, 0.2) is 11.5 Å². The summed E-state index contributed by atoms with van der Waals surface area (Å²) in [6.45, 7) is 11.6. The van der Waals surface area contributed by atoms with Gasteiger partial charge in [0.05, 0.1) is 18.8 Å². The number of esters is 1. The molecule has 0 aromatic heterocycles. The number of ether oxygens (including phenoxy) is 3. The van der Waals surface area contributed by atoms with E-state index >= 15 is 0 Å². The number of benzene rings is 1. The standard InChI is InChI=1S/C38H55NO5/c1-7-8-9-14-27-15-11-16-28(20-27)21-29-22-30(32(40)17-10-13-24(2)3)39-19-12-18-33-34(31(39)23-29)25(4)36(43-33)37-35(42-6)26(5)38(41)44-37/h11,15-16,18,20,24-25,29-32,34,40H,7-10,12-14,17,19,21-23H2,1-6H3/b37-36-/t25-,29-,30-,31-,32-,34+/m0/s1. The topological polar surface area (TPSA) is 68.2 Å². The normalized spacial score (nSPS) is 29.6. The van der Waals surface area contributed by atoms with E-state index in [1.807, 2.05) is 0 Å². The molecule has 4 aliphatic rings. The van der Waals surface area contributed by atoms with Crippen LogP contribution in [0.25, 0.3) is 0 Å². The summed E-state index contributed by atoms with van der Waals surface area (Å²) in [5.41, 5.74) is 3.33. The lowest BCUT2D eigenvalue weighted by molar-refractivity contribution is -0.133. The molecule has 44 heavy (non-hydrogen) atoms. The van der Waals surface area contributed by atoms with Crippen molar-refractivity contribution in [2.75, 3.05) is 13.7 Å². The summed E-state index contributed by atoms with van der Waals surface area (Å²) in [5.74, 6) is 3.47. The number of rotatable bonds is 12. The molecule has 2 fully saturated rings. The van der Waals surface area contributed by atoms with Gasteiger partial charge in [-0.1, -0.05) is 77.6 Å². The van der Waals surface area contributed by atoms with Crippen LogP contribution in [0.1, 0.15) is 104 Å². The van der Waals surface area contributed by atoms with E-state index in [1.54, 1.807) is 14.0 Å². The van der Waals surface area contributed by atoms with E-state index in [0.29, 0.717) is 34.7 Å². The summed E-state index contributed by atoms with van der Waals surface area (Å²) in [4.78, 5) is 15.1. The number of hydrogen-bond acceptors (Lipinski definition) is 6. The molecule has 6 atom stereocenters. The van der Waals surface area contributed by atoms with Crippen molar-refractivity contribution in [1.29, 1.82) is 0 Å². The maximum absolute atomic E-state index is 12.5. The molecule has 0 amide bonds. The maximum Gasteiger partial charge on any atom is 0.343 e. The van der Waals surface area contributed by atoms with E-state index in [-0.39, 0.29) is 36.0 Å². The minimum atomic E-state index is -0.373. The molecule has 0 saturated carbocycles. The quantitative estimate of drug-likeness (QED) is 0.193. The van der Waals surface area contributed by atoms with Crippen LogP contribution in [0.3, 0.4) is 0 Å². The molecule has 0 unspecified atom stereocenters. The Bertz CT molecular complexity index is 1260. The van der Waals surface area contributed by atoms with Crippen molar-refractivity contribution in [3.63, 3.8) is 0 Å². The molecule has 6 nitrogen and oxygen atoms in total. The van der Waals surface area contributed by atoms with Crippen LogP contribution in [0.4, 0.5) is 0 Å². The molecule has 0 bridgehead atoms. The van der Waals surface area contributed by atoms with Crippen molar-refractivity contribution in [3.05, 3.63) is 70.1 Å². The van der Waals surface area contributed by atoms with Gasteiger partial charge >= 0.3 is 5.97 Å². The molecule has 0 radical (unpaired) electrons. The van der Waals surface area contributed by atoms with Crippen LogP contribution in [0.15, 0.2) is 59.0 Å². The zero-order chi connectivity index (χ0) is 31.4. The van der Waals surface area contributed by atoms with Gasteiger partial charge in [-0.15, -0.1) is 0 Å². The molecular weight excluding hydrogens is 550 g/mol. The van der Waals surface area contributed by atoms with Gasteiger partial charge in [-0.2, -0.15) is 0 Å². The summed E-state index contributed by atoms with van der Waals surface area (Å²) >= 11 is 0. The number of aliphatic hydroxyl groups excluding tert-OH is 1. The largest absolute Gasteiger partial charge is 0.492 e. The Labute approximate surface area is 265 Å². The Hall–Kier alpha value is -2.57. The highest BCUT2D eigenvalue weighted by Crippen LogP contribution is 2.50. The highest BCUT2D eigenvalue weighted by atomic mass is 16.6. The number of methoxy groups -OCH3 is 1. The number of aryl methyl sites for hydroxylation is 1. The number of fused-ring (bicyclic) bond motifs is 3. The molecule has 2 saturated heterocycles. The number of aliphatic hydroxyl groups is 1. The lowest BCUT2D eigenvalue weighted by Crippen LogP contribution is -2.57. The van der Waals surface area contributed by atoms with Gasteiger partial charge in [0.1, 0.15) is 5.76 Å². The molecule has 1 aromatic carbocycles. The minimum absolute atomic E-state index is 0.0186. The summed E-state index contributed by atoms with van der Waals surface area (Å²) in [7, 11) is 1.58. The van der Waals surface area contributed by atoms with Crippen molar-refractivity contribution in [1.82, 2.24) is 4.90 Å². The Morgan fingerprint density at radius 3 is 2.64 bits per heavy atom. The van der Waals surface area contributed by atoms with Crippen LogP contribution < -0.4 is 0 Å². The number of allylic oxidation sites excluding steroid dienone is 1. The van der Waals surface area contributed by atoms with Crippen molar-refractivity contribution >= 4 is 5.97 Å². The molecule has 4 aliphatic heterocycles. The van der Waals surface area contributed by atoms with Crippen LogP contribution in [0.2, 0.25) is 0 Å². The molecule has 0 spiro atoms. The molecule has 4 heterocycles. The molecule has 242 valence electrons. The zero-order valence-corrected chi connectivity index (χ0v) is 27.9. The number of nitrogens with zero attached hydrogens (tertiary/aromatic N) is 1. The fourth-order valence-corrected chi connectivity index (χ4v) is 8.17. The minimum Gasteiger partial charge on any atom is -0.492 e.